The molecule has 3 N–H and O–H groups in total. The van der Waals surface area contributed by atoms with Crippen LogP contribution >= 0.6 is 0 Å². The van der Waals surface area contributed by atoms with Gasteiger partial charge in [-0.25, -0.2) is 4.98 Å². The van der Waals surface area contributed by atoms with Crippen molar-refractivity contribution in [3.63, 3.8) is 0 Å². The molecule has 0 amide bonds. The lowest BCUT2D eigenvalue weighted by Gasteiger charge is -2.06. The number of pyridine rings is 2. The molecule has 2 rings (SSSR count). The van der Waals surface area contributed by atoms with Crippen LogP contribution in [0.1, 0.15) is 24.2 Å². The summed E-state index contributed by atoms with van der Waals surface area (Å²) in [6.07, 6.45) is 7.49. The molecule has 0 aliphatic rings. The third-order valence-corrected chi connectivity index (χ3v) is 2.97. The van der Waals surface area contributed by atoms with Gasteiger partial charge in [-0.3, -0.25) is 4.98 Å². The molecule has 0 aromatic carbocycles. The summed E-state index contributed by atoms with van der Waals surface area (Å²) in [6.45, 7) is 0.902. The van der Waals surface area contributed by atoms with E-state index in [0.29, 0.717) is 5.69 Å². The van der Waals surface area contributed by atoms with Crippen molar-refractivity contribution in [2.75, 3.05) is 11.9 Å². The van der Waals surface area contributed by atoms with Gasteiger partial charge >= 0.3 is 0 Å². The molecule has 0 spiro atoms. The van der Waals surface area contributed by atoms with Crippen molar-refractivity contribution in [3.05, 3.63) is 48.0 Å². The lowest BCUT2D eigenvalue weighted by Crippen LogP contribution is -2.02. The smallest absolute Gasteiger partial charge is 0.142 e. The fourth-order valence-corrected chi connectivity index (χ4v) is 1.89. The number of rotatable bonds is 7. The first-order valence-corrected chi connectivity index (χ1v) is 6.63. The van der Waals surface area contributed by atoms with Crippen LogP contribution in [0.3, 0.4) is 0 Å². The zero-order valence-corrected chi connectivity index (χ0v) is 11.2. The number of aryl methyl sites for hydroxylation is 1. The third-order valence-electron chi connectivity index (χ3n) is 2.97. The van der Waals surface area contributed by atoms with Crippen LogP contribution in [-0.4, -0.2) is 27.8 Å². The van der Waals surface area contributed by atoms with Crippen molar-refractivity contribution in [2.45, 2.75) is 19.3 Å². The third kappa shape index (κ3) is 4.05. The van der Waals surface area contributed by atoms with Crippen LogP contribution in [0, 0.1) is 5.41 Å². The average Bonchev–Trinajstić information content (AvgIpc) is 2.49. The van der Waals surface area contributed by atoms with Crippen molar-refractivity contribution in [3.8, 4) is 5.75 Å². The van der Waals surface area contributed by atoms with Crippen molar-refractivity contribution in [1.29, 1.82) is 5.41 Å². The van der Waals surface area contributed by atoms with E-state index >= 15 is 0 Å². The van der Waals surface area contributed by atoms with Crippen LogP contribution in [-0.2, 0) is 6.42 Å². The van der Waals surface area contributed by atoms with Crippen LogP contribution in [0.5, 0.6) is 5.75 Å². The van der Waals surface area contributed by atoms with Gasteiger partial charge in [-0.05, 0) is 43.5 Å². The minimum absolute atomic E-state index is 0.0584. The molecular formula is C15H18N4O. The highest BCUT2D eigenvalue weighted by Gasteiger charge is 2.02. The molecular weight excluding hydrogens is 252 g/mol. The number of hydrogen-bond acceptors (Lipinski definition) is 5. The summed E-state index contributed by atoms with van der Waals surface area (Å²) in [5.74, 6) is 0.0584. The Balaban J connectivity index is 1.72. The molecule has 0 bridgehead atoms. The van der Waals surface area contributed by atoms with Crippen LogP contribution in [0.4, 0.5) is 5.69 Å². The summed E-state index contributed by atoms with van der Waals surface area (Å²) in [4.78, 5) is 8.19. The molecule has 2 heterocycles. The van der Waals surface area contributed by atoms with Gasteiger partial charge in [0, 0.05) is 36.5 Å². The molecule has 0 saturated heterocycles. The van der Waals surface area contributed by atoms with Crippen LogP contribution < -0.4 is 5.32 Å². The van der Waals surface area contributed by atoms with Gasteiger partial charge in [-0.1, -0.05) is 0 Å². The number of anilines is 1. The molecule has 0 aliphatic heterocycles. The Bertz CT molecular complexity index is 557. The Morgan fingerprint density at radius 2 is 1.95 bits per heavy atom. The van der Waals surface area contributed by atoms with Crippen LogP contribution in [0.15, 0.2) is 36.7 Å². The molecule has 0 unspecified atom stereocenters. The first-order valence-electron chi connectivity index (χ1n) is 6.63. The fourth-order valence-electron chi connectivity index (χ4n) is 1.89. The van der Waals surface area contributed by atoms with Crippen molar-refractivity contribution in [1.82, 2.24) is 9.97 Å². The maximum absolute atomic E-state index is 9.44. The first kappa shape index (κ1) is 14.0. The zero-order chi connectivity index (χ0) is 14.2. The predicted octanol–water partition coefficient (Wildman–Crippen LogP) is 2.61. The Morgan fingerprint density at radius 3 is 2.70 bits per heavy atom. The molecule has 0 aliphatic carbocycles. The van der Waals surface area contributed by atoms with Gasteiger partial charge in [0.05, 0.1) is 0 Å². The Labute approximate surface area is 118 Å². The van der Waals surface area contributed by atoms with E-state index in [9.17, 15) is 5.11 Å². The highest BCUT2D eigenvalue weighted by molar-refractivity contribution is 5.78. The normalized spacial score (nSPS) is 10.2. The minimum Gasteiger partial charge on any atom is -0.506 e. The molecule has 0 atom stereocenters. The average molecular weight is 270 g/mol. The quantitative estimate of drug-likeness (QED) is 0.533. The van der Waals surface area contributed by atoms with Crippen molar-refractivity contribution < 1.29 is 5.11 Å². The second-order valence-electron chi connectivity index (χ2n) is 4.47. The molecule has 2 aromatic heterocycles. The van der Waals surface area contributed by atoms with Crippen LogP contribution in [0.25, 0.3) is 0 Å². The number of unbranched alkanes of at least 4 members (excludes halogenated alkanes) is 1. The summed E-state index contributed by atoms with van der Waals surface area (Å²) in [6, 6.07) is 7.28. The summed E-state index contributed by atoms with van der Waals surface area (Å²) < 4.78 is 0. The van der Waals surface area contributed by atoms with Gasteiger partial charge in [0.25, 0.3) is 0 Å². The van der Waals surface area contributed by atoms with E-state index in [1.54, 1.807) is 24.5 Å². The molecule has 5 heteroatoms. The number of nitrogens with one attached hydrogen (secondary N) is 2. The number of aromatic nitrogens is 2. The molecule has 0 saturated carbocycles. The molecule has 104 valence electrons. The summed E-state index contributed by atoms with van der Waals surface area (Å²) in [5.41, 5.74) is 2.32. The number of hydrogen-bond donors (Lipinski definition) is 3. The van der Waals surface area contributed by atoms with E-state index < -0.39 is 0 Å². The van der Waals surface area contributed by atoms with E-state index in [-0.39, 0.29) is 5.75 Å². The van der Waals surface area contributed by atoms with E-state index in [2.05, 4.69) is 15.3 Å². The fraction of sp³-hybridized carbons (Fsp3) is 0.267. The highest BCUT2D eigenvalue weighted by Crippen LogP contribution is 2.14. The lowest BCUT2D eigenvalue weighted by molar-refractivity contribution is 0.471. The molecule has 5 nitrogen and oxygen atoms in total. The largest absolute Gasteiger partial charge is 0.506 e. The van der Waals surface area contributed by atoms with Gasteiger partial charge in [0.15, 0.2) is 0 Å². The summed E-state index contributed by atoms with van der Waals surface area (Å²) in [5, 5.41) is 19.9. The van der Waals surface area contributed by atoms with Crippen LogP contribution in [0.2, 0.25) is 0 Å². The zero-order valence-electron chi connectivity index (χ0n) is 11.2. The maximum Gasteiger partial charge on any atom is 0.142 e. The SMILES string of the molecule is N=Cc1nc(CCCCNc2ccncc2)ccc1O. The van der Waals surface area contributed by atoms with Gasteiger partial charge in [-0.2, -0.15) is 0 Å². The second-order valence-corrected chi connectivity index (χ2v) is 4.47. The van der Waals surface area contributed by atoms with E-state index in [0.717, 1.165) is 43.4 Å². The van der Waals surface area contributed by atoms with Crippen molar-refractivity contribution in [2.24, 2.45) is 0 Å². The highest BCUT2D eigenvalue weighted by atomic mass is 16.3. The topological polar surface area (TPSA) is 81.9 Å². The van der Waals surface area contributed by atoms with E-state index in [4.69, 9.17) is 5.41 Å². The standard InChI is InChI=1S/C15H18N4O/c16-11-14-15(20)5-4-13(19-14)3-1-2-8-18-12-6-9-17-10-7-12/h4-7,9-11,16,20H,1-3,8H2,(H,17,18). The van der Waals surface area contributed by atoms with Crippen molar-refractivity contribution >= 4 is 11.9 Å². The summed E-state index contributed by atoms with van der Waals surface area (Å²) in [7, 11) is 0. The summed E-state index contributed by atoms with van der Waals surface area (Å²) >= 11 is 0. The van der Waals surface area contributed by atoms with Gasteiger partial charge in [0.1, 0.15) is 11.4 Å². The monoisotopic (exact) mass is 270 g/mol. The first-order chi connectivity index (χ1) is 9.79. The minimum atomic E-state index is 0.0584. The molecule has 0 radical (unpaired) electrons. The Kier molecular flexibility index (Phi) is 5.06. The maximum atomic E-state index is 9.44. The van der Waals surface area contributed by atoms with E-state index in [1.165, 1.54) is 0 Å². The number of aromatic hydroxyl groups is 1. The van der Waals surface area contributed by atoms with Gasteiger partial charge < -0.3 is 15.8 Å². The molecule has 0 fully saturated rings. The van der Waals surface area contributed by atoms with Gasteiger partial charge in [-0.15, -0.1) is 0 Å². The predicted molar refractivity (Wildman–Crippen MR) is 79.5 cm³/mol. The number of nitrogens with zero attached hydrogens (tertiary/aromatic N) is 2. The van der Waals surface area contributed by atoms with Gasteiger partial charge in [0.2, 0.25) is 0 Å². The lowest BCUT2D eigenvalue weighted by atomic mass is 10.1. The Morgan fingerprint density at radius 1 is 1.15 bits per heavy atom. The molecule has 20 heavy (non-hydrogen) atoms. The Hall–Kier alpha value is -2.43. The second kappa shape index (κ2) is 7.23. The molecule has 2 aromatic rings. The van der Waals surface area contributed by atoms with E-state index in [1.807, 2.05) is 12.1 Å².